The molecule has 5 heteroatoms. The van der Waals surface area contributed by atoms with Crippen LogP contribution in [0.3, 0.4) is 0 Å². The summed E-state index contributed by atoms with van der Waals surface area (Å²) in [6, 6.07) is 19.7. The third-order valence-electron chi connectivity index (χ3n) is 8.86. The molecule has 2 aliphatic carbocycles. The molecule has 0 radical (unpaired) electrons. The Kier molecular flexibility index (Phi) is 10.1. The first-order chi connectivity index (χ1) is 19.5. The van der Waals surface area contributed by atoms with Gasteiger partial charge in [-0.25, -0.2) is 4.39 Å². The smallest absolute Gasteiger partial charge is 0.201 e. The van der Waals surface area contributed by atoms with Crippen LogP contribution in [-0.4, -0.2) is 13.2 Å². The van der Waals surface area contributed by atoms with Gasteiger partial charge in [-0.2, -0.15) is 4.39 Å². The van der Waals surface area contributed by atoms with Gasteiger partial charge < -0.3 is 9.47 Å². The summed E-state index contributed by atoms with van der Waals surface area (Å²) in [5.41, 5.74) is 3.31. The Balaban J connectivity index is 1.09. The molecule has 3 aromatic carbocycles. The molecule has 0 heterocycles. The van der Waals surface area contributed by atoms with Crippen molar-refractivity contribution >= 4 is 11.8 Å². The van der Waals surface area contributed by atoms with Crippen molar-refractivity contribution in [2.75, 3.05) is 13.2 Å². The predicted molar refractivity (Wildman–Crippen MR) is 161 cm³/mol. The van der Waals surface area contributed by atoms with Crippen LogP contribution in [0.4, 0.5) is 8.78 Å². The number of hydrogen-bond donors (Lipinski definition) is 0. The lowest BCUT2D eigenvalue weighted by atomic mass is 9.64. The van der Waals surface area contributed by atoms with Crippen LogP contribution in [0.5, 0.6) is 11.5 Å². The van der Waals surface area contributed by atoms with Gasteiger partial charge in [-0.3, -0.25) is 0 Å². The fourth-order valence-electron chi connectivity index (χ4n) is 6.71. The van der Waals surface area contributed by atoms with Gasteiger partial charge in [0.25, 0.3) is 0 Å². The van der Waals surface area contributed by atoms with Gasteiger partial charge in [0, 0.05) is 10.6 Å². The zero-order valence-corrected chi connectivity index (χ0v) is 24.7. The monoisotopic (exact) mass is 564 g/mol. The van der Waals surface area contributed by atoms with Gasteiger partial charge in [0.1, 0.15) is 5.75 Å². The summed E-state index contributed by atoms with van der Waals surface area (Å²) in [6.45, 7) is 5.19. The van der Waals surface area contributed by atoms with Gasteiger partial charge in [-0.05, 0) is 104 Å². The molecule has 40 heavy (non-hydrogen) atoms. The van der Waals surface area contributed by atoms with Crippen molar-refractivity contribution in [2.45, 2.75) is 75.9 Å². The van der Waals surface area contributed by atoms with Gasteiger partial charge in [0.2, 0.25) is 5.82 Å². The zero-order valence-electron chi connectivity index (χ0n) is 23.8. The van der Waals surface area contributed by atoms with Crippen molar-refractivity contribution in [1.82, 2.24) is 0 Å². The molecule has 2 fully saturated rings. The molecule has 0 aliphatic heterocycles. The van der Waals surface area contributed by atoms with E-state index in [0.29, 0.717) is 18.3 Å². The van der Waals surface area contributed by atoms with E-state index in [1.54, 1.807) is 13.0 Å². The summed E-state index contributed by atoms with van der Waals surface area (Å²) in [5.74, 6) is 3.21. The maximum Gasteiger partial charge on any atom is 0.201 e. The van der Waals surface area contributed by atoms with E-state index >= 15 is 0 Å². The Hall–Kier alpha value is -2.53. The normalized spacial score (nSPS) is 22.5. The highest BCUT2D eigenvalue weighted by Crippen LogP contribution is 2.45. The molecule has 0 spiro atoms. The van der Waals surface area contributed by atoms with Crippen LogP contribution in [0.1, 0.15) is 70.8 Å². The number of hydrogen-bond acceptors (Lipinski definition) is 3. The van der Waals surface area contributed by atoms with Crippen molar-refractivity contribution in [2.24, 2.45) is 23.7 Å². The molecule has 0 saturated heterocycles. The minimum absolute atomic E-state index is 0.0443. The molecule has 4 atom stereocenters. The molecular formula is C35H42F2O2S. The first-order valence-corrected chi connectivity index (χ1v) is 16.1. The van der Waals surface area contributed by atoms with E-state index in [2.05, 4.69) is 43.3 Å². The minimum Gasteiger partial charge on any atom is -0.493 e. The number of rotatable bonds is 11. The molecule has 0 bridgehead atoms. The second-order valence-electron chi connectivity index (χ2n) is 11.6. The Morgan fingerprint density at radius 1 is 0.725 bits per heavy atom. The lowest BCUT2D eigenvalue weighted by Gasteiger charge is -2.42. The first-order valence-electron chi connectivity index (χ1n) is 15.1. The van der Waals surface area contributed by atoms with Crippen molar-refractivity contribution in [1.29, 1.82) is 0 Å². The van der Waals surface area contributed by atoms with E-state index in [9.17, 15) is 8.78 Å². The third kappa shape index (κ3) is 7.21. The Morgan fingerprint density at radius 3 is 2.05 bits per heavy atom. The van der Waals surface area contributed by atoms with E-state index in [1.807, 2.05) is 12.1 Å². The van der Waals surface area contributed by atoms with Gasteiger partial charge in [-0.1, -0.05) is 62.6 Å². The van der Waals surface area contributed by atoms with Gasteiger partial charge in [-0.15, -0.1) is 11.8 Å². The van der Waals surface area contributed by atoms with Crippen LogP contribution in [0.25, 0.3) is 11.1 Å². The molecule has 4 unspecified atom stereocenters. The van der Waals surface area contributed by atoms with E-state index in [0.717, 1.165) is 46.8 Å². The maximum atomic E-state index is 14.4. The highest BCUT2D eigenvalue weighted by Gasteiger charge is 2.35. The number of ether oxygens (including phenoxy) is 2. The van der Waals surface area contributed by atoms with Crippen molar-refractivity contribution in [3.8, 4) is 22.6 Å². The van der Waals surface area contributed by atoms with Crippen LogP contribution in [0.2, 0.25) is 0 Å². The Labute approximate surface area is 242 Å². The lowest BCUT2D eigenvalue weighted by molar-refractivity contribution is 0.0749. The highest BCUT2D eigenvalue weighted by molar-refractivity contribution is 7.98. The molecule has 5 rings (SSSR count). The average Bonchev–Trinajstić information content (AvgIpc) is 2.99. The molecule has 0 N–H and O–H groups in total. The quantitative estimate of drug-likeness (QED) is 0.216. The zero-order chi connectivity index (χ0) is 27.9. The number of fused-ring (bicyclic) bond motifs is 1. The highest BCUT2D eigenvalue weighted by atomic mass is 32.2. The largest absolute Gasteiger partial charge is 0.493 e. The topological polar surface area (TPSA) is 18.5 Å². The average molecular weight is 565 g/mol. The van der Waals surface area contributed by atoms with Gasteiger partial charge in [0.05, 0.1) is 13.2 Å². The SMILES string of the molecule is CCCC1CCC2CC(COc3ccc(-c4ccc(CSc5ccc(OCC)c(F)c5F)cc4)cc3)CCC2C1. The van der Waals surface area contributed by atoms with E-state index < -0.39 is 11.6 Å². The van der Waals surface area contributed by atoms with Crippen LogP contribution >= 0.6 is 11.8 Å². The van der Waals surface area contributed by atoms with E-state index in [1.165, 1.54) is 69.2 Å². The molecule has 0 amide bonds. The summed E-state index contributed by atoms with van der Waals surface area (Å²) in [4.78, 5) is 0.285. The fraction of sp³-hybridized carbons (Fsp3) is 0.486. The number of thioether (sulfide) groups is 1. The van der Waals surface area contributed by atoms with E-state index in [-0.39, 0.29) is 10.6 Å². The summed E-state index contributed by atoms with van der Waals surface area (Å²) in [5, 5.41) is 0. The van der Waals surface area contributed by atoms with Crippen LogP contribution < -0.4 is 9.47 Å². The van der Waals surface area contributed by atoms with Crippen molar-refractivity contribution in [3.05, 3.63) is 77.9 Å². The molecule has 2 saturated carbocycles. The Bertz CT molecular complexity index is 1230. The van der Waals surface area contributed by atoms with Crippen LogP contribution in [-0.2, 0) is 5.75 Å². The predicted octanol–water partition coefficient (Wildman–Crippen LogP) is 10.3. The summed E-state index contributed by atoms with van der Waals surface area (Å²) >= 11 is 1.28. The fourth-order valence-corrected chi connectivity index (χ4v) is 7.61. The first kappa shape index (κ1) is 29.0. The third-order valence-corrected chi connectivity index (χ3v) is 9.96. The van der Waals surface area contributed by atoms with Crippen molar-refractivity contribution in [3.63, 3.8) is 0 Å². The minimum atomic E-state index is -0.924. The summed E-state index contributed by atoms with van der Waals surface area (Å²) in [7, 11) is 0. The standard InChI is InChI=1S/C35H42F2O2S/c1-3-5-24-6-12-30-21-26(9-13-29(30)20-24)22-39-31-16-14-28(15-17-31)27-10-7-25(8-11-27)23-40-33-19-18-32(38-4-2)34(36)35(33)37/h7-8,10-11,14-19,24,26,29-30H,3-6,9,12-13,20-23H2,1-2H3. The molecule has 2 nitrogen and oxygen atoms in total. The molecule has 214 valence electrons. The van der Waals surface area contributed by atoms with E-state index in [4.69, 9.17) is 9.47 Å². The second kappa shape index (κ2) is 13.9. The molecule has 0 aromatic heterocycles. The van der Waals surface area contributed by atoms with Crippen molar-refractivity contribution < 1.29 is 18.3 Å². The van der Waals surface area contributed by atoms with Gasteiger partial charge in [0.15, 0.2) is 11.6 Å². The number of halogens is 2. The molecular weight excluding hydrogens is 522 g/mol. The number of benzene rings is 3. The van der Waals surface area contributed by atoms with Crippen LogP contribution in [0.15, 0.2) is 65.6 Å². The maximum absolute atomic E-state index is 14.4. The Morgan fingerprint density at radius 2 is 1.38 bits per heavy atom. The van der Waals surface area contributed by atoms with Crippen LogP contribution in [0, 0.1) is 35.3 Å². The second-order valence-corrected chi connectivity index (χ2v) is 12.6. The molecule has 3 aromatic rings. The van der Waals surface area contributed by atoms with Gasteiger partial charge >= 0.3 is 0 Å². The molecule has 2 aliphatic rings. The summed E-state index contributed by atoms with van der Waals surface area (Å²) in [6.07, 6.45) is 11.1. The summed E-state index contributed by atoms with van der Waals surface area (Å²) < 4.78 is 39.9. The lowest BCUT2D eigenvalue weighted by Crippen LogP contribution is -2.32.